The van der Waals surface area contributed by atoms with E-state index in [1.807, 2.05) is 0 Å². The van der Waals surface area contributed by atoms with Crippen LogP contribution in [0.3, 0.4) is 0 Å². The third kappa shape index (κ3) is 151. The average molecular weight is 1670 g/mol. The monoisotopic (exact) mass is 1660 g/mol. The van der Waals surface area contributed by atoms with Gasteiger partial charge in [0, 0.05) is 35.8 Å². The maximum absolute atomic E-state index is 10.2. The van der Waals surface area contributed by atoms with Gasteiger partial charge in [-0.2, -0.15) is 0 Å². The van der Waals surface area contributed by atoms with Gasteiger partial charge in [0.15, 0.2) is 0 Å². The van der Waals surface area contributed by atoms with Crippen LogP contribution >= 0.6 is 0 Å². The van der Waals surface area contributed by atoms with Gasteiger partial charge in [0.25, 0.3) is 0 Å². The molecule has 0 aliphatic heterocycles. The van der Waals surface area contributed by atoms with Crippen molar-refractivity contribution in [3.63, 3.8) is 0 Å². The van der Waals surface area contributed by atoms with E-state index in [1.165, 1.54) is 424 Å². The molecule has 0 spiro atoms. The predicted octanol–water partition coefficient (Wildman–Crippen LogP) is 24.5. The number of hydrogen-bond donors (Lipinski definition) is 0. The molecule has 650 valence electrons. The first-order valence-corrected chi connectivity index (χ1v) is 47.8. The van der Waals surface area contributed by atoms with Crippen molar-refractivity contribution >= 4 is 68.7 Å². The zero-order valence-electron chi connectivity index (χ0n) is 74.3. The Morgan fingerprint density at radius 3 is 0.236 bits per heavy atom. The molecule has 0 N–H and O–H groups in total. The third-order valence-electron chi connectivity index (χ3n) is 20.9. The van der Waals surface area contributed by atoms with Crippen LogP contribution < -0.4 is 30.6 Å². The fraction of sp³-hybridized carbons (Fsp3) is 0.938. The van der Waals surface area contributed by atoms with Crippen LogP contribution in [0.5, 0.6) is 0 Å². The van der Waals surface area contributed by atoms with E-state index in [0.29, 0.717) is 0 Å². The van der Waals surface area contributed by atoms with Gasteiger partial charge in [-0.1, -0.05) is 504 Å². The molecule has 0 aromatic carbocycles. The van der Waals surface area contributed by atoms with Crippen molar-refractivity contribution in [2.45, 2.75) is 581 Å². The van der Waals surface area contributed by atoms with Gasteiger partial charge in [0.1, 0.15) is 0 Å². The number of carboxylic acid groups (broad SMARTS) is 6. The topological polar surface area (TPSA) is 241 Å². The van der Waals surface area contributed by atoms with Crippen LogP contribution in [0.1, 0.15) is 581 Å². The van der Waals surface area contributed by atoms with E-state index in [-0.39, 0.29) is 71.4 Å². The molecule has 0 saturated carbocycles. The minimum atomic E-state index is -0.905. The summed E-state index contributed by atoms with van der Waals surface area (Å²) in [4.78, 5) is 61.1. The minimum Gasteiger partial charge on any atom is -0.550 e. The summed E-state index contributed by atoms with van der Waals surface area (Å²) < 4.78 is 0. The summed E-state index contributed by atoms with van der Waals surface area (Å²) in [7, 11) is 0. The number of aliphatic carboxylic acids is 6. The molecule has 0 fully saturated rings. The Morgan fingerprint density at radius 1 is 0.127 bits per heavy atom. The molecule has 0 heterocycles. The molecule has 0 atom stereocenters. The van der Waals surface area contributed by atoms with Gasteiger partial charge in [-0.25, -0.2) is 0 Å². The first kappa shape index (κ1) is 123. The van der Waals surface area contributed by atoms with Gasteiger partial charge in [0.05, 0.1) is 0 Å². The van der Waals surface area contributed by atoms with E-state index >= 15 is 0 Å². The van der Waals surface area contributed by atoms with Gasteiger partial charge in [-0.05, 0) is 77.0 Å². The Balaban J connectivity index is -0.000000188. The van der Waals surface area contributed by atoms with Crippen LogP contribution in [-0.4, -0.2) is 68.7 Å². The summed E-state index contributed by atoms with van der Waals surface area (Å²) in [5.74, 6) is -5.43. The molecular formula is C96H186BO12Sb. The quantitative estimate of drug-likeness (QED) is 0.0408. The maximum Gasteiger partial charge on any atom is 3.00 e. The maximum atomic E-state index is 10.2. The predicted molar refractivity (Wildman–Crippen MR) is 463 cm³/mol. The molecule has 0 rings (SSSR count). The van der Waals surface area contributed by atoms with Crippen molar-refractivity contribution < 1.29 is 59.4 Å². The van der Waals surface area contributed by atoms with Crippen LogP contribution in [0.25, 0.3) is 0 Å². The normalized spacial score (nSPS) is 10.5. The summed E-state index contributed by atoms with van der Waals surface area (Å²) in [6.07, 6.45) is 102. The molecule has 0 amide bonds. The van der Waals surface area contributed by atoms with Crippen molar-refractivity contribution in [2.75, 3.05) is 0 Å². The van der Waals surface area contributed by atoms with E-state index in [0.717, 1.165) is 77.0 Å². The zero-order chi connectivity index (χ0) is 80.9. The van der Waals surface area contributed by atoms with E-state index in [1.54, 1.807) is 0 Å². The van der Waals surface area contributed by atoms with Crippen molar-refractivity contribution in [1.82, 2.24) is 0 Å². The SMILES string of the molecule is CCCCCCCCCCCCCCCC(=O)[O-].CCCCCCCCCCCCCCCC(=O)[O-].CCCCCCCCCCCCCCCC(=O)[O-].CCCCCCCCCCCCCCCC(=O)[O-].CCCCCCCCCCCCCCCC(=O)[O-].CCCCCCCCCCCCCCCC(=O)[O-].[B+3].[Sb+3]. The molecule has 0 unspecified atom stereocenters. The molecule has 12 nitrogen and oxygen atoms in total. The summed E-state index contributed by atoms with van der Waals surface area (Å²) in [6.45, 7) is 13.5. The van der Waals surface area contributed by atoms with Crippen molar-refractivity contribution in [2.24, 2.45) is 0 Å². The van der Waals surface area contributed by atoms with Crippen molar-refractivity contribution in [1.29, 1.82) is 0 Å². The van der Waals surface area contributed by atoms with Gasteiger partial charge >= 0.3 is 32.8 Å². The fourth-order valence-electron chi connectivity index (χ4n) is 13.7. The number of hydrogen-bond acceptors (Lipinski definition) is 12. The summed E-state index contributed by atoms with van der Waals surface area (Å²) in [5, 5.41) is 61.1. The van der Waals surface area contributed by atoms with E-state index in [2.05, 4.69) is 41.5 Å². The van der Waals surface area contributed by atoms with E-state index in [4.69, 9.17) is 0 Å². The van der Waals surface area contributed by atoms with Crippen LogP contribution in [0.15, 0.2) is 0 Å². The number of carbonyl (C=O) groups excluding carboxylic acids is 6. The average Bonchev–Trinajstić information content (AvgIpc) is 2.18. The second-order valence-corrected chi connectivity index (χ2v) is 32.2. The van der Waals surface area contributed by atoms with Crippen molar-refractivity contribution in [3.8, 4) is 0 Å². The molecule has 0 aromatic rings. The molecule has 2 radical (unpaired) electrons. The molecular weight excluding hydrogens is 1480 g/mol. The zero-order valence-corrected chi connectivity index (χ0v) is 76.9. The number of unbranched alkanes of at least 4 members (excludes halogenated alkanes) is 72. The van der Waals surface area contributed by atoms with E-state index in [9.17, 15) is 59.4 Å². The van der Waals surface area contributed by atoms with Crippen LogP contribution in [0.2, 0.25) is 0 Å². The fourth-order valence-corrected chi connectivity index (χ4v) is 13.7. The van der Waals surface area contributed by atoms with Gasteiger partial charge in [0.2, 0.25) is 0 Å². The Hall–Kier alpha value is -2.30. The second-order valence-electron chi connectivity index (χ2n) is 32.2. The Kier molecular flexibility index (Phi) is 134. The molecule has 0 bridgehead atoms. The van der Waals surface area contributed by atoms with Crippen LogP contribution in [0.4, 0.5) is 0 Å². The first-order chi connectivity index (χ1) is 52.6. The second kappa shape index (κ2) is 120. The number of carboxylic acids is 6. The Morgan fingerprint density at radius 2 is 0.182 bits per heavy atom. The summed E-state index contributed by atoms with van der Waals surface area (Å²) in [6, 6.07) is 0. The van der Waals surface area contributed by atoms with Crippen LogP contribution in [-0.2, 0) is 28.8 Å². The molecule has 14 heteroatoms. The van der Waals surface area contributed by atoms with Gasteiger partial charge in [-0.3, -0.25) is 0 Å². The Bertz CT molecular complexity index is 1390. The number of rotatable bonds is 84. The van der Waals surface area contributed by atoms with Crippen LogP contribution in [0, 0.1) is 0 Å². The summed E-state index contributed by atoms with van der Waals surface area (Å²) in [5.41, 5.74) is 0. The van der Waals surface area contributed by atoms with Gasteiger partial charge < -0.3 is 59.4 Å². The standard InChI is InChI=1S/6C16H32O2.B.Sb/c6*1-2-3-4-5-6-7-8-9-10-11-12-13-14-15-16(17)18;;/h6*2-15H2,1H3,(H,17,18);;/q;;;;;;2*+3/p-6. The molecule has 110 heavy (non-hydrogen) atoms. The first-order valence-electron chi connectivity index (χ1n) is 47.8. The van der Waals surface area contributed by atoms with E-state index < -0.39 is 35.8 Å². The number of carbonyl (C=O) groups is 6. The van der Waals surface area contributed by atoms with Crippen molar-refractivity contribution in [3.05, 3.63) is 0 Å². The third-order valence-corrected chi connectivity index (χ3v) is 20.9. The molecule has 0 saturated heterocycles. The molecule has 0 aliphatic rings. The smallest absolute Gasteiger partial charge is 0.550 e. The molecule has 0 aliphatic carbocycles. The molecule has 0 aromatic heterocycles. The summed E-state index contributed by atoms with van der Waals surface area (Å²) >= 11 is 0. The Labute approximate surface area is 704 Å². The minimum absolute atomic E-state index is 0. The largest absolute Gasteiger partial charge is 3.00 e. The van der Waals surface area contributed by atoms with Gasteiger partial charge in [-0.15, -0.1) is 0 Å².